The lowest BCUT2D eigenvalue weighted by Crippen LogP contribution is -2.48. The van der Waals surface area contributed by atoms with E-state index in [2.05, 4.69) is 33.7 Å². The third-order valence-electron chi connectivity index (χ3n) is 5.07. The zero-order valence-electron chi connectivity index (χ0n) is 16.3. The molecule has 2 unspecified atom stereocenters. The van der Waals surface area contributed by atoms with Crippen LogP contribution in [0.1, 0.15) is 35.3 Å². The van der Waals surface area contributed by atoms with E-state index in [1.165, 1.54) is 5.56 Å². The van der Waals surface area contributed by atoms with Crippen molar-refractivity contribution in [1.82, 2.24) is 20.4 Å². The molecule has 2 heterocycles. The average molecular weight is 378 g/mol. The first-order chi connectivity index (χ1) is 13.6. The number of nitrogens with one attached hydrogen (secondary N) is 2. The van der Waals surface area contributed by atoms with Crippen LogP contribution in [0, 0.1) is 0 Å². The minimum absolute atomic E-state index is 0.0781. The van der Waals surface area contributed by atoms with Gasteiger partial charge in [-0.1, -0.05) is 24.3 Å². The second kappa shape index (κ2) is 8.12. The number of aromatic amines is 1. The first-order valence-corrected chi connectivity index (χ1v) is 9.75. The average Bonchev–Trinajstić information content (AvgIpc) is 3.15. The molecule has 0 aliphatic carbocycles. The molecule has 2 aromatic carbocycles. The topological polar surface area (TPSA) is 70.2 Å². The summed E-state index contributed by atoms with van der Waals surface area (Å²) in [5.74, 6) is 0.0781. The Labute approximate surface area is 164 Å². The van der Waals surface area contributed by atoms with Crippen molar-refractivity contribution in [3.63, 3.8) is 0 Å². The van der Waals surface area contributed by atoms with Crippen LogP contribution in [0.15, 0.2) is 48.7 Å². The van der Waals surface area contributed by atoms with Crippen LogP contribution in [-0.4, -0.2) is 46.3 Å². The number of ether oxygens (including phenoxy) is 1. The Balaban J connectivity index is 1.32. The number of amides is 1. The third-order valence-corrected chi connectivity index (χ3v) is 5.07. The number of aromatic nitrogens is 2. The highest BCUT2D eigenvalue weighted by molar-refractivity contribution is 5.94. The van der Waals surface area contributed by atoms with Crippen molar-refractivity contribution in [2.75, 3.05) is 13.1 Å². The number of carbonyl (C=O) groups is 1. The van der Waals surface area contributed by atoms with Gasteiger partial charge in [0.1, 0.15) is 0 Å². The summed E-state index contributed by atoms with van der Waals surface area (Å²) in [6.07, 6.45) is 1.99. The number of hydrogen-bond acceptors (Lipinski definition) is 4. The Morgan fingerprint density at radius 3 is 2.54 bits per heavy atom. The highest BCUT2D eigenvalue weighted by Gasteiger charge is 2.26. The van der Waals surface area contributed by atoms with E-state index in [9.17, 15) is 4.79 Å². The summed E-state index contributed by atoms with van der Waals surface area (Å²) >= 11 is 0. The van der Waals surface area contributed by atoms with E-state index >= 15 is 0 Å². The molecule has 2 atom stereocenters. The number of morpholine rings is 1. The van der Waals surface area contributed by atoms with Crippen molar-refractivity contribution in [1.29, 1.82) is 0 Å². The number of rotatable bonds is 5. The molecule has 4 rings (SSSR count). The molecule has 0 saturated carbocycles. The summed E-state index contributed by atoms with van der Waals surface area (Å²) in [4.78, 5) is 14.6. The van der Waals surface area contributed by atoms with E-state index < -0.39 is 0 Å². The van der Waals surface area contributed by atoms with E-state index in [1.54, 1.807) is 0 Å². The van der Waals surface area contributed by atoms with E-state index in [0.29, 0.717) is 13.1 Å². The maximum atomic E-state index is 12.7. The standard InChI is InChI=1S/C22H26N4O2/c1-15-13-26(14-16(2)28-15)22(27)19-6-3-17(4-7-19)10-23-11-18-5-8-20-12-24-25-21(20)9-18/h3-9,12,15-16,23H,10-11,13-14H2,1-2H3,(H,24,25). The lowest BCUT2D eigenvalue weighted by atomic mass is 10.1. The van der Waals surface area contributed by atoms with Crippen molar-refractivity contribution in [2.24, 2.45) is 0 Å². The predicted octanol–water partition coefficient (Wildman–Crippen LogP) is 3.10. The van der Waals surface area contributed by atoms with Crippen molar-refractivity contribution >= 4 is 16.8 Å². The van der Waals surface area contributed by atoms with Gasteiger partial charge in [0.05, 0.1) is 23.9 Å². The van der Waals surface area contributed by atoms with Crippen LogP contribution in [0.4, 0.5) is 0 Å². The SMILES string of the molecule is CC1CN(C(=O)c2ccc(CNCc3ccc4cn[nH]c4c3)cc2)CC(C)O1. The maximum Gasteiger partial charge on any atom is 0.254 e. The highest BCUT2D eigenvalue weighted by atomic mass is 16.5. The monoisotopic (exact) mass is 378 g/mol. The number of H-pyrrole nitrogens is 1. The summed E-state index contributed by atoms with van der Waals surface area (Å²) < 4.78 is 5.71. The Morgan fingerprint density at radius 2 is 1.79 bits per heavy atom. The van der Waals surface area contributed by atoms with Gasteiger partial charge in [-0.15, -0.1) is 0 Å². The van der Waals surface area contributed by atoms with Crippen LogP contribution >= 0.6 is 0 Å². The van der Waals surface area contributed by atoms with E-state index in [4.69, 9.17) is 4.74 Å². The van der Waals surface area contributed by atoms with Crippen molar-refractivity contribution < 1.29 is 9.53 Å². The van der Waals surface area contributed by atoms with Gasteiger partial charge in [0.25, 0.3) is 5.91 Å². The van der Waals surface area contributed by atoms with Gasteiger partial charge in [-0.05, 0) is 43.2 Å². The maximum absolute atomic E-state index is 12.7. The lowest BCUT2D eigenvalue weighted by Gasteiger charge is -2.35. The molecule has 1 aliphatic heterocycles. The van der Waals surface area contributed by atoms with Gasteiger partial charge in [0.2, 0.25) is 0 Å². The fraction of sp³-hybridized carbons (Fsp3) is 0.364. The number of benzene rings is 2. The van der Waals surface area contributed by atoms with Crippen LogP contribution in [0.5, 0.6) is 0 Å². The Bertz CT molecular complexity index is 941. The highest BCUT2D eigenvalue weighted by Crippen LogP contribution is 2.16. The van der Waals surface area contributed by atoms with E-state index in [-0.39, 0.29) is 18.1 Å². The normalized spacial score (nSPS) is 19.9. The molecule has 3 aromatic rings. The fourth-order valence-corrected chi connectivity index (χ4v) is 3.74. The predicted molar refractivity (Wildman–Crippen MR) is 109 cm³/mol. The van der Waals surface area contributed by atoms with E-state index in [1.807, 2.05) is 49.2 Å². The summed E-state index contributed by atoms with van der Waals surface area (Å²) in [5.41, 5.74) is 4.14. The molecule has 6 nitrogen and oxygen atoms in total. The van der Waals surface area contributed by atoms with Crippen LogP contribution in [-0.2, 0) is 17.8 Å². The van der Waals surface area contributed by atoms with Gasteiger partial charge < -0.3 is 15.0 Å². The minimum Gasteiger partial charge on any atom is -0.372 e. The van der Waals surface area contributed by atoms with Gasteiger partial charge in [-0.3, -0.25) is 9.89 Å². The molecule has 6 heteroatoms. The second-order valence-corrected chi connectivity index (χ2v) is 7.56. The van der Waals surface area contributed by atoms with Gasteiger partial charge >= 0.3 is 0 Å². The summed E-state index contributed by atoms with van der Waals surface area (Å²) in [5, 5.41) is 11.6. The lowest BCUT2D eigenvalue weighted by molar-refractivity contribution is -0.0586. The molecule has 0 spiro atoms. The first-order valence-electron chi connectivity index (χ1n) is 9.75. The Kier molecular flexibility index (Phi) is 5.41. The van der Waals surface area contributed by atoms with Crippen LogP contribution in [0.2, 0.25) is 0 Å². The quantitative estimate of drug-likeness (QED) is 0.716. The van der Waals surface area contributed by atoms with Crippen molar-refractivity contribution in [3.05, 3.63) is 65.4 Å². The van der Waals surface area contributed by atoms with Crippen LogP contribution in [0.3, 0.4) is 0 Å². The number of fused-ring (bicyclic) bond motifs is 1. The molecule has 1 aliphatic rings. The van der Waals surface area contributed by atoms with Gasteiger partial charge in [-0.2, -0.15) is 5.10 Å². The largest absolute Gasteiger partial charge is 0.372 e. The molecule has 2 N–H and O–H groups in total. The zero-order valence-corrected chi connectivity index (χ0v) is 16.3. The minimum atomic E-state index is 0.0781. The molecule has 0 bridgehead atoms. The van der Waals surface area contributed by atoms with Crippen LogP contribution < -0.4 is 5.32 Å². The summed E-state index contributed by atoms with van der Waals surface area (Å²) in [6.45, 7) is 6.84. The molecule has 1 fully saturated rings. The fourth-order valence-electron chi connectivity index (χ4n) is 3.74. The van der Waals surface area contributed by atoms with Gasteiger partial charge in [0, 0.05) is 37.1 Å². The molecular formula is C22H26N4O2. The molecule has 1 aromatic heterocycles. The molecule has 1 saturated heterocycles. The van der Waals surface area contributed by atoms with Crippen LogP contribution in [0.25, 0.3) is 10.9 Å². The smallest absolute Gasteiger partial charge is 0.254 e. The van der Waals surface area contributed by atoms with E-state index in [0.717, 1.165) is 35.1 Å². The van der Waals surface area contributed by atoms with Crippen molar-refractivity contribution in [3.8, 4) is 0 Å². The first kappa shape index (κ1) is 18.7. The number of hydrogen-bond donors (Lipinski definition) is 2. The number of nitrogens with zero attached hydrogens (tertiary/aromatic N) is 2. The van der Waals surface area contributed by atoms with Gasteiger partial charge in [-0.25, -0.2) is 0 Å². The molecule has 0 radical (unpaired) electrons. The Morgan fingerprint density at radius 1 is 1.11 bits per heavy atom. The van der Waals surface area contributed by atoms with Gasteiger partial charge in [0.15, 0.2) is 0 Å². The Hall–Kier alpha value is -2.70. The third kappa shape index (κ3) is 4.24. The second-order valence-electron chi connectivity index (χ2n) is 7.56. The summed E-state index contributed by atoms with van der Waals surface area (Å²) in [7, 11) is 0. The number of carbonyl (C=O) groups excluding carboxylic acids is 1. The summed E-state index contributed by atoms with van der Waals surface area (Å²) in [6, 6.07) is 14.2. The molecule has 1 amide bonds. The molecule has 28 heavy (non-hydrogen) atoms. The molecule has 146 valence electrons. The van der Waals surface area contributed by atoms with Crippen molar-refractivity contribution in [2.45, 2.75) is 39.1 Å². The zero-order chi connectivity index (χ0) is 19.5. The molecular weight excluding hydrogens is 352 g/mol.